The number of carbonyl (C=O) groups excluding carboxylic acids is 1. The maximum absolute atomic E-state index is 13.1. The van der Waals surface area contributed by atoms with Crippen molar-refractivity contribution in [1.29, 1.82) is 0 Å². The van der Waals surface area contributed by atoms with Crippen LogP contribution in [-0.2, 0) is 11.2 Å². The van der Waals surface area contributed by atoms with E-state index in [9.17, 15) is 9.90 Å². The second-order valence-electron chi connectivity index (χ2n) is 7.75. The zero-order chi connectivity index (χ0) is 16.3. The van der Waals surface area contributed by atoms with Crippen LogP contribution in [0.2, 0.25) is 0 Å². The van der Waals surface area contributed by atoms with Crippen molar-refractivity contribution in [3.8, 4) is 0 Å². The first-order valence-electron chi connectivity index (χ1n) is 8.32. The summed E-state index contributed by atoms with van der Waals surface area (Å²) < 4.78 is 0. The van der Waals surface area contributed by atoms with E-state index in [1.54, 1.807) is 0 Å². The van der Waals surface area contributed by atoms with Crippen LogP contribution in [0.25, 0.3) is 5.57 Å². The second-order valence-corrected chi connectivity index (χ2v) is 7.75. The molecule has 0 aliphatic heterocycles. The Morgan fingerprint density at radius 1 is 1.27 bits per heavy atom. The van der Waals surface area contributed by atoms with Gasteiger partial charge in [0.05, 0.1) is 5.57 Å². The number of Topliss-reactive ketones (excluding diaryl/α,β-unsaturated/α-hetero) is 1. The zero-order valence-electron chi connectivity index (χ0n) is 14.3. The van der Waals surface area contributed by atoms with Gasteiger partial charge in [-0.2, -0.15) is 0 Å². The average Bonchev–Trinajstić information content (AvgIpc) is 2.64. The summed E-state index contributed by atoms with van der Waals surface area (Å²) in [7, 11) is 0. The molecule has 0 radical (unpaired) electrons. The molecular formula is C20H26O2. The van der Waals surface area contributed by atoms with Crippen molar-refractivity contribution in [2.24, 2.45) is 16.7 Å². The smallest absolute Gasteiger partial charge is 0.170 e. The number of benzene rings is 1. The van der Waals surface area contributed by atoms with Crippen molar-refractivity contribution in [2.75, 3.05) is 0 Å². The minimum Gasteiger partial charge on any atom is -0.511 e. The molecule has 2 atom stereocenters. The summed E-state index contributed by atoms with van der Waals surface area (Å²) in [5.74, 6) is 0.475. The van der Waals surface area contributed by atoms with Crippen molar-refractivity contribution < 1.29 is 9.90 Å². The van der Waals surface area contributed by atoms with E-state index >= 15 is 0 Å². The molecule has 2 unspecified atom stereocenters. The Hall–Kier alpha value is -1.57. The van der Waals surface area contributed by atoms with E-state index in [-0.39, 0.29) is 22.5 Å². The highest BCUT2D eigenvalue weighted by Gasteiger charge is 2.61. The highest BCUT2D eigenvalue weighted by atomic mass is 16.3. The van der Waals surface area contributed by atoms with Gasteiger partial charge in [-0.3, -0.25) is 4.79 Å². The van der Waals surface area contributed by atoms with Gasteiger partial charge in [-0.15, -0.1) is 0 Å². The molecule has 0 amide bonds. The van der Waals surface area contributed by atoms with E-state index in [2.05, 4.69) is 45.9 Å². The molecule has 1 saturated carbocycles. The van der Waals surface area contributed by atoms with Crippen LogP contribution in [0.1, 0.15) is 57.2 Å². The number of aryl methyl sites for hydroxylation is 2. The number of aliphatic hydroxyl groups excluding tert-OH is 1. The Bertz CT molecular complexity index is 681. The van der Waals surface area contributed by atoms with Crippen molar-refractivity contribution >= 4 is 11.4 Å². The molecule has 1 aromatic rings. The van der Waals surface area contributed by atoms with Gasteiger partial charge < -0.3 is 5.11 Å². The molecule has 2 heteroatoms. The first-order valence-corrected chi connectivity index (χ1v) is 8.32. The van der Waals surface area contributed by atoms with Gasteiger partial charge in [-0.05, 0) is 42.7 Å². The standard InChI is InChI=1S/C20H26O2/c1-6-13-8-7-12(2)11-14(13)16-17(21)15-9-10-20(5,18(16)22)19(15,3)4/h7-8,11,15,22H,6,9-10H2,1-5H3. The van der Waals surface area contributed by atoms with Crippen molar-refractivity contribution in [1.82, 2.24) is 0 Å². The molecule has 118 valence electrons. The number of hydrogen-bond donors (Lipinski definition) is 1. The van der Waals surface area contributed by atoms with Crippen molar-refractivity contribution in [2.45, 2.75) is 53.9 Å². The number of rotatable bonds is 2. The molecule has 2 bridgehead atoms. The van der Waals surface area contributed by atoms with E-state index in [1.165, 1.54) is 0 Å². The lowest BCUT2D eigenvalue weighted by molar-refractivity contribution is -0.122. The SMILES string of the molecule is CCc1ccc(C)cc1C1=C(O)C2(C)CCC(C1=O)C2(C)C. The van der Waals surface area contributed by atoms with Crippen LogP contribution in [0.15, 0.2) is 24.0 Å². The Labute approximate surface area is 133 Å². The van der Waals surface area contributed by atoms with Crippen molar-refractivity contribution in [3.63, 3.8) is 0 Å². The molecule has 22 heavy (non-hydrogen) atoms. The first kappa shape index (κ1) is 15.3. The van der Waals surface area contributed by atoms with Crippen LogP contribution in [0.4, 0.5) is 0 Å². The molecule has 0 spiro atoms. The fourth-order valence-corrected chi connectivity index (χ4v) is 4.44. The Balaban J connectivity index is 2.28. The quantitative estimate of drug-likeness (QED) is 0.847. The topological polar surface area (TPSA) is 37.3 Å². The fraction of sp³-hybridized carbons (Fsp3) is 0.550. The first-order chi connectivity index (χ1) is 10.2. The number of hydrogen-bond acceptors (Lipinski definition) is 2. The van der Waals surface area contributed by atoms with Gasteiger partial charge in [0.25, 0.3) is 0 Å². The largest absolute Gasteiger partial charge is 0.511 e. The molecule has 1 fully saturated rings. The summed E-state index contributed by atoms with van der Waals surface area (Å²) in [5, 5.41) is 11.0. The molecule has 2 aliphatic rings. The molecule has 1 N–H and O–H groups in total. The average molecular weight is 298 g/mol. The predicted molar refractivity (Wildman–Crippen MR) is 89.7 cm³/mol. The zero-order valence-corrected chi connectivity index (χ0v) is 14.3. The van der Waals surface area contributed by atoms with Gasteiger partial charge in [0.15, 0.2) is 5.78 Å². The third kappa shape index (κ3) is 1.76. The highest BCUT2D eigenvalue weighted by molar-refractivity contribution is 6.24. The number of aliphatic hydroxyl groups is 1. The fourth-order valence-electron chi connectivity index (χ4n) is 4.44. The van der Waals surface area contributed by atoms with Crippen LogP contribution in [0, 0.1) is 23.7 Å². The van der Waals surface area contributed by atoms with Gasteiger partial charge in [0.2, 0.25) is 0 Å². The third-order valence-corrected chi connectivity index (χ3v) is 6.46. The van der Waals surface area contributed by atoms with Crippen LogP contribution in [0.5, 0.6) is 0 Å². The molecule has 1 aromatic carbocycles. The van der Waals surface area contributed by atoms with Crippen molar-refractivity contribution in [3.05, 3.63) is 40.6 Å². The van der Waals surface area contributed by atoms with E-state index in [0.29, 0.717) is 11.3 Å². The maximum Gasteiger partial charge on any atom is 0.170 e. The van der Waals surface area contributed by atoms with Crippen LogP contribution < -0.4 is 0 Å². The highest BCUT2D eigenvalue weighted by Crippen LogP contribution is 2.64. The van der Waals surface area contributed by atoms with Gasteiger partial charge in [-0.25, -0.2) is 0 Å². The van der Waals surface area contributed by atoms with E-state index in [0.717, 1.165) is 36.0 Å². The van der Waals surface area contributed by atoms with E-state index in [4.69, 9.17) is 0 Å². The Morgan fingerprint density at radius 3 is 2.59 bits per heavy atom. The van der Waals surface area contributed by atoms with E-state index < -0.39 is 0 Å². The summed E-state index contributed by atoms with van der Waals surface area (Å²) in [6.45, 7) is 10.5. The minimum atomic E-state index is -0.296. The van der Waals surface area contributed by atoms with Crippen LogP contribution in [0.3, 0.4) is 0 Å². The maximum atomic E-state index is 13.1. The lowest BCUT2D eigenvalue weighted by Crippen LogP contribution is -2.43. The molecule has 2 nitrogen and oxygen atoms in total. The van der Waals surface area contributed by atoms with E-state index in [1.807, 2.05) is 6.92 Å². The minimum absolute atomic E-state index is 0.0219. The summed E-state index contributed by atoms with van der Waals surface area (Å²) in [4.78, 5) is 13.1. The summed E-state index contributed by atoms with van der Waals surface area (Å²) in [6.07, 6.45) is 2.63. The number of allylic oxidation sites excluding steroid dienone is 2. The number of fused-ring (bicyclic) bond motifs is 2. The van der Waals surface area contributed by atoms with Gasteiger partial charge in [0, 0.05) is 11.3 Å². The lowest BCUT2D eigenvalue weighted by atomic mass is 9.58. The summed E-state index contributed by atoms with van der Waals surface area (Å²) in [5.41, 5.74) is 3.33. The number of ketones is 1. The summed E-state index contributed by atoms with van der Waals surface area (Å²) >= 11 is 0. The van der Waals surface area contributed by atoms with Crippen LogP contribution in [-0.4, -0.2) is 10.9 Å². The molecule has 3 rings (SSSR count). The molecular weight excluding hydrogens is 272 g/mol. The lowest BCUT2D eigenvalue weighted by Gasteiger charge is -2.45. The third-order valence-electron chi connectivity index (χ3n) is 6.46. The molecule has 0 saturated heterocycles. The molecule has 0 aromatic heterocycles. The predicted octanol–water partition coefficient (Wildman–Crippen LogP) is 4.85. The molecule has 2 aliphatic carbocycles. The van der Waals surface area contributed by atoms with Gasteiger partial charge in [0.1, 0.15) is 5.76 Å². The molecule has 0 heterocycles. The summed E-state index contributed by atoms with van der Waals surface area (Å²) in [6, 6.07) is 6.22. The Morgan fingerprint density at radius 2 is 1.95 bits per heavy atom. The van der Waals surface area contributed by atoms with Crippen LogP contribution >= 0.6 is 0 Å². The van der Waals surface area contributed by atoms with Gasteiger partial charge in [-0.1, -0.05) is 51.5 Å². The number of carbonyl (C=O) groups is 1. The Kier molecular flexibility index (Phi) is 3.28. The van der Waals surface area contributed by atoms with Gasteiger partial charge >= 0.3 is 0 Å². The normalized spacial score (nSPS) is 30.0. The second kappa shape index (κ2) is 4.71. The monoisotopic (exact) mass is 298 g/mol.